The minimum atomic E-state index is -4.62. The van der Waals surface area contributed by atoms with Crippen LogP contribution in [0, 0.1) is 10.1 Å². The highest BCUT2D eigenvalue weighted by Crippen LogP contribution is 2.29. The fourth-order valence-corrected chi connectivity index (χ4v) is 1.53. The average Bonchev–Trinajstić information content (AvgIpc) is 2.77. The van der Waals surface area contributed by atoms with Gasteiger partial charge in [0.05, 0.1) is 16.1 Å². The predicted molar refractivity (Wildman–Crippen MR) is 58.0 cm³/mol. The number of benzene rings is 1. The molecule has 0 radical (unpaired) electrons. The maximum Gasteiger partial charge on any atom is 0.436 e. The lowest BCUT2D eigenvalue weighted by molar-refractivity contribution is -0.384. The zero-order valence-corrected chi connectivity index (χ0v) is 9.68. The Morgan fingerprint density at radius 3 is 2.53 bits per heavy atom. The molecule has 1 heterocycles. The number of alkyl halides is 3. The Morgan fingerprint density at radius 1 is 1.37 bits per heavy atom. The summed E-state index contributed by atoms with van der Waals surface area (Å²) < 4.78 is 37.0. The number of hydrogen-bond acceptors (Lipinski definition) is 4. The topological polar surface area (TPSA) is 73.8 Å². The summed E-state index contributed by atoms with van der Waals surface area (Å²) in [6.45, 7) is 0. The lowest BCUT2D eigenvalue weighted by Gasteiger charge is -2.03. The van der Waals surface area contributed by atoms with Crippen molar-refractivity contribution in [1.29, 1.82) is 0 Å². The van der Waals surface area contributed by atoms with Crippen LogP contribution >= 0.6 is 11.6 Å². The van der Waals surface area contributed by atoms with Gasteiger partial charge in [0.15, 0.2) is 5.69 Å². The van der Waals surface area contributed by atoms with Crippen molar-refractivity contribution in [3.63, 3.8) is 0 Å². The Morgan fingerprint density at radius 2 is 2.05 bits per heavy atom. The van der Waals surface area contributed by atoms with Crippen LogP contribution in [0.4, 0.5) is 18.9 Å². The summed E-state index contributed by atoms with van der Waals surface area (Å²) in [6.07, 6.45) is -4.08. The van der Waals surface area contributed by atoms with Crippen molar-refractivity contribution >= 4 is 17.3 Å². The molecule has 0 aliphatic rings. The molecule has 1 aromatic heterocycles. The van der Waals surface area contributed by atoms with Crippen LogP contribution in [0.25, 0.3) is 5.69 Å². The highest BCUT2D eigenvalue weighted by Gasteiger charge is 2.34. The number of nitro groups is 1. The molecule has 100 valence electrons. The third-order valence-corrected chi connectivity index (χ3v) is 2.44. The molecule has 0 bridgehead atoms. The molecule has 6 nitrogen and oxygen atoms in total. The van der Waals surface area contributed by atoms with Gasteiger partial charge < -0.3 is 0 Å². The van der Waals surface area contributed by atoms with E-state index in [2.05, 4.69) is 10.2 Å². The monoisotopic (exact) mass is 292 g/mol. The largest absolute Gasteiger partial charge is 0.436 e. The first-order valence-corrected chi connectivity index (χ1v) is 5.10. The van der Waals surface area contributed by atoms with E-state index >= 15 is 0 Å². The molecule has 19 heavy (non-hydrogen) atoms. The number of aromatic nitrogens is 3. The van der Waals surface area contributed by atoms with Gasteiger partial charge in [-0.25, -0.2) is 0 Å². The number of non-ortho nitro benzene ring substituents is 1. The molecule has 0 atom stereocenters. The van der Waals surface area contributed by atoms with Crippen LogP contribution in [0.1, 0.15) is 5.69 Å². The Labute approximate surface area is 108 Å². The van der Waals surface area contributed by atoms with Gasteiger partial charge in [-0.1, -0.05) is 11.6 Å². The Kier molecular flexibility index (Phi) is 3.14. The molecule has 0 saturated heterocycles. The molecule has 0 fully saturated rings. The molecule has 1 aromatic carbocycles. The van der Waals surface area contributed by atoms with Crippen LogP contribution in [-0.2, 0) is 6.18 Å². The van der Waals surface area contributed by atoms with Crippen molar-refractivity contribution in [2.75, 3.05) is 0 Å². The quantitative estimate of drug-likeness (QED) is 0.630. The van der Waals surface area contributed by atoms with Crippen LogP contribution in [0.15, 0.2) is 24.4 Å². The predicted octanol–water partition coefficient (Wildman–Crippen LogP) is 2.85. The van der Waals surface area contributed by atoms with Gasteiger partial charge in [-0.2, -0.15) is 18.3 Å². The molecule has 0 aliphatic carbocycles. The second-order valence-electron chi connectivity index (χ2n) is 3.41. The van der Waals surface area contributed by atoms with Crippen molar-refractivity contribution in [3.8, 4) is 5.69 Å². The molecule has 2 rings (SSSR count). The van der Waals surface area contributed by atoms with Crippen molar-refractivity contribution < 1.29 is 18.1 Å². The molecule has 0 saturated carbocycles. The van der Waals surface area contributed by atoms with E-state index in [1.165, 1.54) is 6.07 Å². The second-order valence-corrected chi connectivity index (χ2v) is 3.82. The van der Waals surface area contributed by atoms with Gasteiger partial charge in [-0.05, 0) is 6.07 Å². The van der Waals surface area contributed by atoms with Gasteiger partial charge in [-0.3, -0.25) is 10.1 Å². The molecule has 10 heteroatoms. The van der Waals surface area contributed by atoms with Crippen LogP contribution < -0.4 is 0 Å². The summed E-state index contributed by atoms with van der Waals surface area (Å²) in [5.41, 5.74) is -1.44. The summed E-state index contributed by atoms with van der Waals surface area (Å²) in [7, 11) is 0. The molecule has 0 N–H and O–H groups in total. The highest BCUT2D eigenvalue weighted by atomic mass is 35.5. The number of rotatable bonds is 2. The third kappa shape index (κ3) is 2.65. The number of hydrogen-bond donors (Lipinski definition) is 0. The first kappa shape index (κ1) is 13.3. The minimum absolute atomic E-state index is 0.0165. The molecule has 0 spiro atoms. The van der Waals surface area contributed by atoms with Crippen LogP contribution in [0.2, 0.25) is 5.02 Å². The van der Waals surface area contributed by atoms with Crippen LogP contribution in [-0.4, -0.2) is 19.9 Å². The average molecular weight is 293 g/mol. The van der Waals surface area contributed by atoms with E-state index in [0.29, 0.717) is 11.0 Å². The number of halogens is 4. The van der Waals surface area contributed by atoms with Crippen molar-refractivity contribution in [1.82, 2.24) is 15.0 Å². The van der Waals surface area contributed by atoms with Gasteiger partial charge >= 0.3 is 6.18 Å². The second kappa shape index (κ2) is 4.50. The first-order chi connectivity index (χ1) is 8.79. The summed E-state index contributed by atoms with van der Waals surface area (Å²) in [5.74, 6) is 0. The van der Waals surface area contributed by atoms with Gasteiger partial charge in [0.25, 0.3) is 5.69 Å². The molecule has 0 aliphatic heterocycles. The Balaban J connectivity index is 2.43. The number of nitro benzene ring substituents is 1. The van der Waals surface area contributed by atoms with E-state index in [1.54, 1.807) is 0 Å². The SMILES string of the molecule is O=[N+]([O-])c1ccc(-n2ncc(C(F)(F)F)n2)c(Cl)c1. The van der Waals surface area contributed by atoms with Gasteiger partial charge in [-0.15, -0.1) is 9.90 Å². The Bertz CT molecular complexity index is 641. The van der Waals surface area contributed by atoms with Gasteiger partial charge in [0.2, 0.25) is 0 Å². The van der Waals surface area contributed by atoms with Crippen molar-refractivity contribution in [2.45, 2.75) is 6.18 Å². The van der Waals surface area contributed by atoms with E-state index in [4.69, 9.17) is 11.6 Å². The standard InChI is InChI=1S/C9H4ClF3N4O2/c10-6-3-5(17(18)19)1-2-7(6)16-14-4-8(15-16)9(11,12)13/h1-4H. The maximum atomic E-state index is 12.3. The lowest BCUT2D eigenvalue weighted by Crippen LogP contribution is -2.07. The fourth-order valence-electron chi connectivity index (χ4n) is 1.28. The highest BCUT2D eigenvalue weighted by molar-refractivity contribution is 6.32. The van der Waals surface area contributed by atoms with Crippen LogP contribution in [0.3, 0.4) is 0 Å². The molecule has 0 unspecified atom stereocenters. The normalized spacial score (nSPS) is 11.6. The Hall–Kier alpha value is -2.16. The smallest absolute Gasteiger partial charge is 0.258 e. The molecule has 2 aromatic rings. The van der Waals surface area contributed by atoms with E-state index < -0.39 is 16.8 Å². The van der Waals surface area contributed by atoms with Gasteiger partial charge in [0, 0.05) is 12.1 Å². The summed E-state index contributed by atoms with van der Waals surface area (Å²) in [4.78, 5) is 10.5. The number of nitrogens with zero attached hydrogens (tertiary/aromatic N) is 4. The zero-order valence-electron chi connectivity index (χ0n) is 8.93. The molecular weight excluding hydrogens is 289 g/mol. The molecular formula is C9H4ClF3N4O2. The lowest BCUT2D eigenvalue weighted by atomic mass is 10.3. The van der Waals surface area contributed by atoms with E-state index in [1.807, 2.05) is 0 Å². The minimum Gasteiger partial charge on any atom is -0.258 e. The van der Waals surface area contributed by atoms with Crippen molar-refractivity contribution in [3.05, 3.63) is 45.2 Å². The maximum absolute atomic E-state index is 12.3. The molecule has 0 amide bonds. The fraction of sp³-hybridized carbons (Fsp3) is 0.111. The van der Waals surface area contributed by atoms with Crippen LogP contribution in [0.5, 0.6) is 0 Å². The summed E-state index contributed by atoms with van der Waals surface area (Å²) >= 11 is 5.74. The van der Waals surface area contributed by atoms with Gasteiger partial charge in [0.1, 0.15) is 5.69 Å². The van der Waals surface area contributed by atoms with E-state index in [9.17, 15) is 23.3 Å². The third-order valence-electron chi connectivity index (χ3n) is 2.14. The van der Waals surface area contributed by atoms with Crippen molar-refractivity contribution in [2.24, 2.45) is 0 Å². The van der Waals surface area contributed by atoms with E-state index in [-0.39, 0.29) is 16.4 Å². The summed E-state index contributed by atoms with van der Waals surface area (Å²) in [6, 6.07) is 3.27. The summed E-state index contributed by atoms with van der Waals surface area (Å²) in [5, 5.41) is 17.0. The zero-order chi connectivity index (χ0) is 14.2. The first-order valence-electron chi connectivity index (χ1n) is 4.73. The van der Waals surface area contributed by atoms with E-state index in [0.717, 1.165) is 12.1 Å².